The van der Waals surface area contributed by atoms with Crippen molar-refractivity contribution in [3.63, 3.8) is 0 Å². The highest BCUT2D eigenvalue weighted by Crippen LogP contribution is 2.38. The van der Waals surface area contributed by atoms with Gasteiger partial charge in [-0.1, -0.05) is 0 Å². The van der Waals surface area contributed by atoms with E-state index in [2.05, 4.69) is 9.88 Å². The largest absolute Gasteiger partial charge is 0.379 e. The number of ether oxygens (including phenoxy) is 2. The predicted octanol–water partition coefficient (Wildman–Crippen LogP) is 1.50. The molecule has 0 unspecified atom stereocenters. The van der Waals surface area contributed by atoms with Gasteiger partial charge in [-0.05, 0) is 44.7 Å². The van der Waals surface area contributed by atoms with Crippen LogP contribution in [0.2, 0.25) is 0 Å². The van der Waals surface area contributed by atoms with E-state index in [0.29, 0.717) is 17.8 Å². The Balaban J connectivity index is 1.25. The van der Waals surface area contributed by atoms with Crippen LogP contribution in [0.15, 0.2) is 17.2 Å². The fraction of sp³-hybridized carbons (Fsp3) is 0.789. The summed E-state index contributed by atoms with van der Waals surface area (Å²) in [5, 5.41) is 0. The van der Waals surface area contributed by atoms with Crippen LogP contribution in [0.5, 0.6) is 0 Å². The van der Waals surface area contributed by atoms with Gasteiger partial charge in [-0.2, -0.15) is 0 Å². The SMILES string of the molecule is O=c1cc(C2CC2)ncn1CC1CCN(CC2COCCOC2)CC1. The quantitative estimate of drug-likeness (QED) is 0.808. The number of likely N-dealkylation sites (tertiary alicyclic amines) is 1. The van der Waals surface area contributed by atoms with E-state index < -0.39 is 0 Å². The highest BCUT2D eigenvalue weighted by molar-refractivity contribution is 5.12. The van der Waals surface area contributed by atoms with Crippen molar-refractivity contribution in [3.8, 4) is 0 Å². The molecule has 1 aliphatic carbocycles. The van der Waals surface area contributed by atoms with Crippen LogP contribution >= 0.6 is 0 Å². The molecule has 6 nitrogen and oxygen atoms in total. The smallest absolute Gasteiger partial charge is 0.253 e. The van der Waals surface area contributed by atoms with Crippen LogP contribution in [-0.4, -0.2) is 60.5 Å². The number of nitrogens with zero attached hydrogens (tertiary/aromatic N) is 3. The summed E-state index contributed by atoms with van der Waals surface area (Å²) in [7, 11) is 0. The van der Waals surface area contributed by atoms with E-state index in [0.717, 1.165) is 71.1 Å². The minimum absolute atomic E-state index is 0.118. The standard InChI is InChI=1S/C19H29N3O3/c23-19-9-18(17-1-2-17)20-14-22(19)11-15-3-5-21(6-4-15)10-16-12-24-7-8-25-13-16/h9,14-17H,1-8,10-13H2. The van der Waals surface area contributed by atoms with Gasteiger partial charge in [-0.15, -0.1) is 0 Å². The van der Waals surface area contributed by atoms with Crippen LogP contribution in [0.4, 0.5) is 0 Å². The van der Waals surface area contributed by atoms with Crippen LogP contribution in [-0.2, 0) is 16.0 Å². The number of piperidine rings is 1. The minimum Gasteiger partial charge on any atom is -0.379 e. The molecule has 4 rings (SSSR count). The van der Waals surface area contributed by atoms with Crippen molar-refractivity contribution in [3.05, 3.63) is 28.4 Å². The summed E-state index contributed by atoms with van der Waals surface area (Å²) in [5.41, 5.74) is 1.11. The lowest BCUT2D eigenvalue weighted by atomic mass is 9.96. The Labute approximate surface area is 149 Å². The average Bonchev–Trinajstić information content (AvgIpc) is 3.46. The van der Waals surface area contributed by atoms with Gasteiger partial charge in [0.25, 0.3) is 5.56 Å². The van der Waals surface area contributed by atoms with Crippen molar-refractivity contribution in [2.45, 2.75) is 38.1 Å². The lowest BCUT2D eigenvalue weighted by molar-refractivity contribution is 0.0855. The van der Waals surface area contributed by atoms with E-state index >= 15 is 0 Å². The first-order valence-corrected chi connectivity index (χ1v) is 9.72. The van der Waals surface area contributed by atoms with Gasteiger partial charge in [0, 0.05) is 31.0 Å². The summed E-state index contributed by atoms with van der Waals surface area (Å²) in [4.78, 5) is 19.3. The molecule has 3 heterocycles. The molecule has 0 aromatic carbocycles. The van der Waals surface area contributed by atoms with E-state index in [9.17, 15) is 4.79 Å². The van der Waals surface area contributed by atoms with E-state index in [-0.39, 0.29) is 5.56 Å². The third kappa shape index (κ3) is 4.68. The highest BCUT2D eigenvalue weighted by atomic mass is 16.5. The number of aromatic nitrogens is 2. The van der Waals surface area contributed by atoms with Crippen molar-refractivity contribution >= 4 is 0 Å². The first kappa shape index (κ1) is 17.2. The molecule has 0 N–H and O–H groups in total. The maximum Gasteiger partial charge on any atom is 0.253 e. The lowest BCUT2D eigenvalue weighted by Gasteiger charge is -2.34. The van der Waals surface area contributed by atoms with Gasteiger partial charge in [0.05, 0.1) is 38.4 Å². The van der Waals surface area contributed by atoms with E-state index in [4.69, 9.17) is 9.47 Å². The number of hydrogen-bond acceptors (Lipinski definition) is 5. The molecule has 25 heavy (non-hydrogen) atoms. The van der Waals surface area contributed by atoms with Crippen LogP contribution in [0.3, 0.4) is 0 Å². The van der Waals surface area contributed by atoms with Crippen LogP contribution in [0, 0.1) is 11.8 Å². The zero-order chi connectivity index (χ0) is 17.1. The van der Waals surface area contributed by atoms with Crippen LogP contribution < -0.4 is 5.56 Å². The van der Waals surface area contributed by atoms with Gasteiger partial charge in [-0.3, -0.25) is 9.36 Å². The number of rotatable bonds is 5. The van der Waals surface area contributed by atoms with Gasteiger partial charge in [-0.25, -0.2) is 4.98 Å². The van der Waals surface area contributed by atoms with Gasteiger partial charge < -0.3 is 14.4 Å². The summed E-state index contributed by atoms with van der Waals surface area (Å²) in [6.45, 7) is 7.14. The van der Waals surface area contributed by atoms with Crippen LogP contribution in [0.1, 0.15) is 37.3 Å². The molecule has 1 aromatic heterocycles. The molecule has 0 radical (unpaired) electrons. The van der Waals surface area contributed by atoms with Crippen molar-refractivity contribution in [1.82, 2.24) is 14.5 Å². The fourth-order valence-corrected chi connectivity index (χ4v) is 3.95. The molecule has 0 amide bonds. The average molecular weight is 347 g/mol. The first-order valence-electron chi connectivity index (χ1n) is 9.72. The zero-order valence-electron chi connectivity index (χ0n) is 14.9. The highest BCUT2D eigenvalue weighted by Gasteiger charge is 2.26. The van der Waals surface area contributed by atoms with E-state index in [1.165, 1.54) is 12.8 Å². The summed E-state index contributed by atoms with van der Waals surface area (Å²) in [6, 6.07) is 1.75. The second-order valence-electron chi connectivity index (χ2n) is 7.84. The van der Waals surface area contributed by atoms with Gasteiger partial charge in [0.2, 0.25) is 0 Å². The third-order valence-corrected chi connectivity index (χ3v) is 5.65. The Hall–Kier alpha value is -1.24. The molecule has 1 aromatic rings. The molecule has 3 fully saturated rings. The Kier molecular flexibility index (Phi) is 5.48. The molecule has 0 spiro atoms. The molecular formula is C19H29N3O3. The van der Waals surface area contributed by atoms with Gasteiger partial charge >= 0.3 is 0 Å². The molecule has 0 bridgehead atoms. The molecule has 6 heteroatoms. The van der Waals surface area contributed by atoms with Gasteiger partial charge in [0.1, 0.15) is 0 Å². The Morgan fingerprint density at radius 2 is 1.72 bits per heavy atom. The zero-order valence-corrected chi connectivity index (χ0v) is 14.9. The van der Waals surface area contributed by atoms with Crippen molar-refractivity contribution in [2.75, 3.05) is 46.1 Å². The normalized spacial score (nSPS) is 24.3. The molecule has 2 aliphatic heterocycles. The van der Waals surface area contributed by atoms with Crippen molar-refractivity contribution in [2.24, 2.45) is 11.8 Å². The maximum absolute atomic E-state index is 12.3. The topological polar surface area (TPSA) is 56.6 Å². The predicted molar refractivity (Wildman–Crippen MR) is 94.8 cm³/mol. The van der Waals surface area contributed by atoms with Gasteiger partial charge in [0.15, 0.2) is 0 Å². The lowest BCUT2D eigenvalue weighted by Crippen LogP contribution is -2.40. The summed E-state index contributed by atoms with van der Waals surface area (Å²) in [5.74, 6) is 1.60. The molecule has 3 aliphatic rings. The molecule has 1 saturated carbocycles. The second-order valence-corrected chi connectivity index (χ2v) is 7.84. The first-order chi connectivity index (χ1) is 12.3. The minimum atomic E-state index is 0.118. The van der Waals surface area contributed by atoms with Crippen molar-refractivity contribution in [1.29, 1.82) is 0 Å². The van der Waals surface area contributed by atoms with E-state index in [1.807, 2.05) is 0 Å². The Bertz CT molecular complexity index is 613. The molecule has 0 atom stereocenters. The third-order valence-electron chi connectivity index (χ3n) is 5.65. The Morgan fingerprint density at radius 3 is 2.36 bits per heavy atom. The second kappa shape index (κ2) is 7.98. The van der Waals surface area contributed by atoms with E-state index in [1.54, 1.807) is 17.0 Å². The van der Waals surface area contributed by atoms with Crippen molar-refractivity contribution < 1.29 is 9.47 Å². The Morgan fingerprint density at radius 1 is 1.00 bits per heavy atom. The molecular weight excluding hydrogens is 318 g/mol. The summed E-state index contributed by atoms with van der Waals surface area (Å²) in [6.07, 6.45) is 6.43. The summed E-state index contributed by atoms with van der Waals surface area (Å²) < 4.78 is 13.0. The molecule has 2 saturated heterocycles. The molecule has 138 valence electrons. The summed E-state index contributed by atoms with van der Waals surface area (Å²) >= 11 is 0. The fourth-order valence-electron chi connectivity index (χ4n) is 3.95. The van der Waals surface area contributed by atoms with Crippen LogP contribution in [0.25, 0.3) is 0 Å². The maximum atomic E-state index is 12.3. The monoisotopic (exact) mass is 347 g/mol. The number of hydrogen-bond donors (Lipinski definition) is 0.